The van der Waals surface area contributed by atoms with Gasteiger partial charge in [-0.3, -0.25) is 14.9 Å². The Morgan fingerprint density at radius 2 is 1.82 bits per heavy atom. The number of ketones is 1. The Morgan fingerprint density at radius 3 is 2.41 bits per heavy atom. The Kier molecular flexibility index (Phi) is 4.62. The van der Waals surface area contributed by atoms with Crippen molar-refractivity contribution in [3.05, 3.63) is 57.1 Å². The van der Waals surface area contributed by atoms with Crippen LogP contribution in [0.1, 0.15) is 17.3 Å². The summed E-state index contributed by atoms with van der Waals surface area (Å²) in [7, 11) is 1.42. The number of rotatable bonds is 5. The Bertz CT molecular complexity index is 745. The average molecular weight is 322 g/mol. The van der Waals surface area contributed by atoms with Gasteiger partial charge in [-0.2, -0.15) is 0 Å². The van der Waals surface area contributed by atoms with E-state index in [4.69, 9.17) is 21.1 Å². The molecule has 0 aliphatic heterocycles. The topological polar surface area (TPSA) is 78.7 Å². The molecule has 0 bridgehead atoms. The van der Waals surface area contributed by atoms with Crippen molar-refractivity contribution >= 4 is 23.1 Å². The summed E-state index contributed by atoms with van der Waals surface area (Å²) in [4.78, 5) is 21.8. The predicted molar refractivity (Wildman–Crippen MR) is 81.2 cm³/mol. The lowest BCUT2D eigenvalue weighted by molar-refractivity contribution is -0.385. The first-order valence-electron chi connectivity index (χ1n) is 6.23. The smallest absolute Gasteiger partial charge is 0.313 e. The van der Waals surface area contributed by atoms with Crippen LogP contribution >= 0.6 is 11.6 Å². The molecule has 0 heterocycles. The Labute approximate surface area is 131 Å². The van der Waals surface area contributed by atoms with Gasteiger partial charge in [0.15, 0.2) is 17.3 Å². The average Bonchev–Trinajstić information content (AvgIpc) is 2.48. The van der Waals surface area contributed by atoms with Gasteiger partial charge in [-0.15, -0.1) is 0 Å². The molecular formula is C15H12ClNO5. The molecule has 0 N–H and O–H groups in total. The van der Waals surface area contributed by atoms with Crippen molar-refractivity contribution < 1.29 is 19.2 Å². The summed E-state index contributed by atoms with van der Waals surface area (Å²) in [5, 5.41) is 11.3. The van der Waals surface area contributed by atoms with Gasteiger partial charge in [0.05, 0.1) is 12.0 Å². The van der Waals surface area contributed by atoms with Crippen molar-refractivity contribution in [2.45, 2.75) is 6.92 Å². The van der Waals surface area contributed by atoms with E-state index in [-0.39, 0.29) is 28.0 Å². The van der Waals surface area contributed by atoms with Crippen molar-refractivity contribution in [3.63, 3.8) is 0 Å². The zero-order valence-corrected chi connectivity index (χ0v) is 12.6. The molecule has 114 valence electrons. The number of nitro benzene ring substituents is 1. The van der Waals surface area contributed by atoms with Gasteiger partial charge in [0, 0.05) is 16.7 Å². The van der Waals surface area contributed by atoms with Gasteiger partial charge in [-0.05, 0) is 37.3 Å². The summed E-state index contributed by atoms with van der Waals surface area (Å²) in [6.07, 6.45) is 0. The number of halogens is 1. The number of Topliss-reactive ketones (excluding diaryl/α,β-unsaturated/α-hetero) is 1. The zero-order valence-electron chi connectivity index (χ0n) is 11.8. The molecule has 0 saturated heterocycles. The van der Waals surface area contributed by atoms with Gasteiger partial charge in [0.2, 0.25) is 5.75 Å². The fourth-order valence-electron chi connectivity index (χ4n) is 1.81. The quantitative estimate of drug-likeness (QED) is 0.467. The molecular weight excluding hydrogens is 310 g/mol. The molecule has 2 rings (SSSR count). The van der Waals surface area contributed by atoms with E-state index in [1.54, 1.807) is 6.07 Å². The van der Waals surface area contributed by atoms with Gasteiger partial charge in [0.25, 0.3) is 0 Å². The van der Waals surface area contributed by atoms with E-state index >= 15 is 0 Å². The number of nitrogens with zero attached hydrogens (tertiary/aromatic N) is 1. The summed E-state index contributed by atoms with van der Waals surface area (Å²) >= 11 is 5.76. The maximum absolute atomic E-state index is 11.4. The zero-order chi connectivity index (χ0) is 16.3. The number of benzene rings is 2. The van der Waals surface area contributed by atoms with Crippen LogP contribution in [0.4, 0.5) is 5.69 Å². The highest BCUT2D eigenvalue weighted by Crippen LogP contribution is 2.37. The molecule has 0 aliphatic carbocycles. The second-order valence-electron chi connectivity index (χ2n) is 4.39. The molecule has 0 fully saturated rings. The molecule has 6 nitrogen and oxygen atoms in total. The largest absolute Gasteiger partial charge is 0.493 e. The van der Waals surface area contributed by atoms with Crippen LogP contribution in [0.2, 0.25) is 5.02 Å². The van der Waals surface area contributed by atoms with Crippen LogP contribution in [0.5, 0.6) is 17.2 Å². The van der Waals surface area contributed by atoms with Gasteiger partial charge in [-0.1, -0.05) is 11.6 Å². The van der Waals surface area contributed by atoms with Crippen molar-refractivity contribution in [2.75, 3.05) is 7.11 Å². The third kappa shape index (κ3) is 3.35. The molecule has 0 amide bonds. The van der Waals surface area contributed by atoms with Crippen LogP contribution in [-0.4, -0.2) is 17.8 Å². The fraction of sp³-hybridized carbons (Fsp3) is 0.133. The van der Waals surface area contributed by atoms with Crippen molar-refractivity contribution in [1.82, 2.24) is 0 Å². The number of nitro groups is 1. The molecule has 0 atom stereocenters. The van der Waals surface area contributed by atoms with Crippen LogP contribution in [0.15, 0.2) is 36.4 Å². The van der Waals surface area contributed by atoms with Crippen LogP contribution in [0.25, 0.3) is 0 Å². The third-order valence-corrected chi connectivity index (χ3v) is 3.14. The minimum atomic E-state index is -0.586. The molecule has 0 spiro atoms. The van der Waals surface area contributed by atoms with Gasteiger partial charge >= 0.3 is 5.69 Å². The second kappa shape index (κ2) is 6.44. The standard InChI is InChI=1S/C15H12ClNO5/c1-9(18)10-3-5-14(15(7-10)21-2)22-13-6-4-11(16)8-12(13)17(19)20/h3-8H,1-2H3. The molecule has 0 aromatic heterocycles. The van der Waals surface area contributed by atoms with E-state index in [0.717, 1.165) is 0 Å². The third-order valence-electron chi connectivity index (χ3n) is 2.91. The SMILES string of the molecule is COc1cc(C(C)=O)ccc1Oc1ccc(Cl)cc1[N+](=O)[O-]. The van der Waals surface area contributed by atoms with Gasteiger partial charge < -0.3 is 9.47 Å². The highest BCUT2D eigenvalue weighted by Gasteiger charge is 2.18. The lowest BCUT2D eigenvalue weighted by atomic mass is 10.1. The van der Waals surface area contributed by atoms with Crippen molar-refractivity contribution in [2.24, 2.45) is 0 Å². The molecule has 0 radical (unpaired) electrons. The highest BCUT2D eigenvalue weighted by molar-refractivity contribution is 6.30. The Hall–Kier alpha value is -2.60. The second-order valence-corrected chi connectivity index (χ2v) is 4.83. The first-order chi connectivity index (χ1) is 10.4. The maximum Gasteiger partial charge on any atom is 0.313 e. The fourth-order valence-corrected chi connectivity index (χ4v) is 1.98. The first-order valence-corrected chi connectivity index (χ1v) is 6.61. The van der Waals surface area contributed by atoms with Crippen LogP contribution in [-0.2, 0) is 0 Å². The van der Waals surface area contributed by atoms with Gasteiger partial charge in [0.1, 0.15) is 0 Å². The first kappa shape index (κ1) is 15.8. The summed E-state index contributed by atoms with van der Waals surface area (Å²) in [6, 6.07) is 8.68. The van der Waals surface area contributed by atoms with E-state index in [2.05, 4.69) is 0 Å². The van der Waals surface area contributed by atoms with Crippen LogP contribution in [0.3, 0.4) is 0 Å². The monoisotopic (exact) mass is 321 g/mol. The van der Waals surface area contributed by atoms with Crippen LogP contribution in [0, 0.1) is 10.1 Å². The number of ether oxygens (including phenoxy) is 2. The molecule has 2 aromatic rings. The van der Waals surface area contributed by atoms with Crippen LogP contribution < -0.4 is 9.47 Å². The molecule has 22 heavy (non-hydrogen) atoms. The summed E-state index contributed by atoms with van der Waals surface area (Å²) < 4.78 is 10.7. The van der Waals surface area contributed by atoms with E-state index in [1.807, 2.05) is 0 Å². The van der Waals surface area contributed by atoms with Crippen molar-refractivity contribution in [1.29, 1.82) is 0 Å². The van der Waals surface area contributed by atoms with E-state index in [1.165, 1.54) is 44.4 Å². The number of methoxy groups -OCH3 is 1. The predicted octanol–water partition coefficient (Wildman–Crippen LogP) is 4.25. The normalized spacial score (nSPS) is 10.1. The number of hydrogen-bond acceptors (Lipinski definition) is 5. The summed E-state index contributed by atoms with van der Waals surface area (Å²) in [5.41, 5.74) is 0.194. The molecule has 0 unspecified atom stereocenters. The minimum absolute atomic E-state index is 0.0308. The lowest BCUT2D eigenvalue weighted by Crippen LogP contribution is -1.97. The van der Waals surface area contributed by atoms with E-state index in [0.29, 0.717) is 11.3 Å². The molecule has 2 aromatic carbocycles. The maximum atomic E-state index is 11.4. The Balaban J connectivity index is 2.43. The number of carbonyl (C=O) groups is 1. The lowest BCUT2D eigenvalue weighted by Gasteiger charge is -2.11. The number of hydrogen-bond donors (Lipinski definition) is 0. The van der Waals surface area contributed by atoms with E-state index < -0.39 is 4.92 Å². The molecule has 0 saturated carbocycles. The van der Waals surface area contributed by atoms with Crippen molar-refractivity contribution in [3.8, 4) is 17.2 Å². The number of carbonyl (C=O) groups excluding carboxylic acids is 1. The highest BCUT2D eigenvalue weighted by atomic mass is 35.5. The molecule has 0 aliphatic rings. The summed E-state index contributed by atoms with van der Waals surface area (Å²) in [5.74, 6) is 0.473. The minimum Gasteiger partial charge on any atom is -0.493 e. The summed E-state index contributed by atoms with van der Waals surface area (Å²) in [6.45, 7) is 1.43. The molecule has 7 heteroatoms. The Morgan fingerprint density at radius 1 is 1.14 bits per heavy atom. The van der Waals surface area contributed by atoms with E-state index in [9.17, 15) is 14.9 Å². The van der Waals surface area contributed by atoms with Gasteiger partial charge in [-0.25, -0.2) is 0 Å².